The highest BCUT2D eigenvalue weighted by molar-refractivity contribution is 6.02. The van der Waals surface area contributed by atoms with Crippen LogP contribution in [-0.4, -0.2) is 20.4 Å². The van der Waals surface area contributed by atoms with Crippen LogP contribution in [0.2, 0.25) is 0 Å². The van der Waals surface area contributed by atoms with Crippen LogP contribution in [0.5, 0.6) is 0 Å². The Labute approximate surface area is 108 Å². The number of amides is 1. The van der Waals surface area contributed by atoms with Crippen molar-refractivity contribution in [2.24, 2.45) is 5.73 Å². The number of benzene rings is 1. The first-order chi connectivity index (χ1) is 9.16. The van der Waals surface area contributed by atoms with Crippen molar-refractivity contribution >= 4 is 27.8 Å². The van der Waals surface area contributed by atoms with Gasteiger partial charge in [-0.15, -0.1) is 0 Å². The summed E-state index contributed by atoms with van der Waals surface area (Å²) in [6.45, 7) is 0. The van der Waals surface area contributed by atoms with E-state index in [2.05, 4.69) is 9.97 Å². The summed E-state index contributed by atoms with van der Waals surface area (Å²) in [5, 5.41) is 12.9. The molecular weight excluding hydrogens is 244 g/mol. The Morgan fingerprint density at radius 2 is 2.05 bits per heavy atom. The Morgan fingerprint density at radius 1 is 1.26 bits per heavy atom. The molecule has 0 saturated carbocycles. The summed E-state index contributed by atoms with van der Waals surface area (Å²) in [7, 11) is 0. The van der Waals surface area contributed by atoms with Crippen LogP contribution in [-0.2, 0) is 9.90 Å². The van der Waals surface area contributed by atoms with Gasteiger partial charge in [-0.2, -0.15) is 0 Å². The number of aromatic nitrogens is 3. The summed E-state index contributed by atoms with van der Waals surface area (Å²) in [6.07, 6.45) is 1.51. The molecule has 0 spiro atoms. The molecule has 0 saturated heterocycles. The van der Waals surface area contributed by atoms with E-state index in [4.69, 9.17) is 5.73 Å². The van der Waals surface area contributed by atoms with Crippen LogP contribution >= 0.6 is 0 Å². The standard InChI is InChI=1S/C13H11N4O2/c14-11(18)5-12(19)17-7-16-10-6-15-9-4-2-1-3-8(9)13(10)17/h1-4,6-7,12H,5H2,(H2,14,18). The normalized spacial score (nSPS) is 12.9. The zero-order valence-electron chi connectivity index (χ0n) is 9.98. The molecule has 19 heavy (non-hydrogen) atoms. The first-order valence-corrected chi connectivity index (χ1v) is 5.81. The second kappa shape index (κ2) is 4.33. The van der Waals surface area contributed by atoms with E-state index in [-0.39, 0.29) is 6.42 Å². The zero-order valence-corrected chi connectivity index (χ0v) is 9.98. The fraction of sp³-hybridized carbons (Fsp3) is 0.154. The lowest BCUT2D eigenvalue weighted by Gasteiger charge is -2.10. The van der Waals surface area contributed by atoms with Gasteiger partial charge in [0, 0.05) is 5.39 Å². The fourth-order valence-corrected chi connectivity index (χ4v) is 2.15. The number of nitrogens with two attached hydrogens (primary N) is 1. The lowest BCUT2D eigenvalue weighted by molar-refractivity contribution is -0.122. The zero-order chi connectivity index (χ0) is 13.4. The van der Waals surface area contributed by atoms with E-state index >= 15 is 0 Å². The second-order valence-electron chi connectivity index (χ2n) is 4.29. The number of hydrogen-bond acceptors (Lipinski definition) is 3. The summed E-state index contributed by atoms with van der Waals surface area (Å²) >= 11 is 0. The summed E-state index contributed by atoms with van der Waals surface area (Å²) in [5.41, 5.74) is 7.17. The highest BCUT2D eigenvalue weighted by Crippen LogP contribution is 2.25. The van der Waals surface area contributed by atoms with Crippen molar-refractivity contribution in [1.82, 2.24) is 14.5 Å². The lowest BCUT2D eigenvalue weighted by atomic mass is 10.2. The predicted molar refractivity (Wildman–Crippen MR) is 68.6 cm³/mol. The summed E-state index contributed by atoms with van der Waals surface area (Å²) < 4.78 is 1.43. The van der Waals surface area contributed by atoms with E-state index in [0.29, 0.717) is 11.0 Å². The third-order valence-corrected chi connectivity index (χ3v) is 2.99. The van der Waals surface area contributed by atoms with Gasteiger partial charge >= 0.3 is 0 Å². The Morgan fingerprint density at radius 3 is 2.84 bits per heavy atom. The number of imidazole rings is 1. The van der Waals surface area contributed by atoms with Crippen LogP contribution in [0.1, 0.15) is 12.6 Å². The van der Waals surface area contributed by atoms with Crippen molar-refractivity contribution in [2.45, 2.75) is 12.6 Å². The molecule has 6 nitrogen and oxygen atoms in total. The molecule has 0 aliphatic heterocycles. The molecule has 1 aromatic carbocycles. The molecular formula is C13H11N4O2. The number of para-hydroxylation sites is 1. The van der Waals surface area contributed by atoms with Crippen LogP contribution in [0.4, 0.5) is 0 Å². The summed E-state index contributed by atoms with van der Waals surface area (Å²) in [4.78, 5) is 19.3. The number of hydrogen-bond donors (Lipinski definition) is 1. The number of nitrogens with zero attached hydrogens (tertiary/aromatic N) is 3. The van der Waals surface area contributed by atoms with E-state index < -0.39 is 12.1 Å². The summed E-state index contributed by atoms with van der Waals surface area (Å²) in [6, 6.07) is 7.48. The smallest absolute Gasteiger partial charge is 0.222 e. The fourth-order valence-electron chi connectivity index (χ4n) is 2.15. The number of fused-ring (bicyclic) bond motifs is 3. The molecule has 1 unspecified atom stereocenters. The van der Waals surface area contributed by atoms with Crippen molar-refractivity contribution in [3.05, 3.63) is 36.8 Å². The minimum atomic E-state index is -1.27. The monoisotopic (exact) mass is 255 g/mol. The Hall–Kier alpha value is -2.47. The molecule has 2 heterocycles. The highest BCUT2D eigenvalue weighted by atomic mass is 16.3. The molecule has 1 radical (unpaired) electrons. The topological polar surface area (TPSA) is 93.7 Å². The molecule has 1 atom stereocenters. The molecule has 0 aliphatic carbocycles. The lowest BCUT2D eigenvalue weighted by Crippen LogP contribution is -2.17. The minimum absolute atomic E-state index is 0.262. The number of pyridine rings is 1. The van der Waals surface area contributed by atoms with Crippen LogP contribution in [0.15, 0.2) is 36.8 Å². The Kier molecular flexibility index (Phi) is 2.64. The van der Waals surface area contributed by atoms with E-state index in [1.54, 1.807) is 6.20 Å². The average molecular weight is 255 g/mol. The molecule has 1 amide bonds. The van der Waals surface area contributed by atoms with E-state index in [1.165, 1.54) is 10.9 Å². The second-order valence-corrected chi connectivity index (χ2v) is 4.29. The van der Waals surface area contributed by atoms with Crippen molar-refractivity contribution in [3.8, 4) is 0 Å². The average Bonchev–Trinajstić information content (AvgIpc) is 2.82. The molecule has 2 aromatic heterocycles. The van der Waals surface area contributed by atoms with Gasteiger partial charge in [-0.3, -0.25) is 14.3 Å². The molecule has 0 fully saturated rings. The van der Waals surface area contributed by atoms with Gasteiger partial charge in [0.05, 0.1) is 30.0 Å². The van der Waals surface area contributed by atoms with Gasteiger partial charge in [-0.05, 0) is 6.07 Å². The first-order valence-electron chi connectivity index (χ1n) is 5.81. The predicted octanol–water partition coefficient (Wildman–Crippen LogP) is 1.39. The molecule has 95 valence electrons. The highest BCUT2D eigenvalue weighted by Gasteiger charge is 2.17. The van der Waals surface area contributed by atoms with E-state index in [0.717, 1.165) is 10.9 Å². The van der Waals surface area contributed by atoms with Crippen molar-refractivity contribution < 1.29 is 9.90 Å². The number of rotatable bonds is 3. The van der Waals surface area contributed by atoms with Crippen molar-refractivity contribution in [2.75, 3.05) is 0 Å². The van der Waals surface area contributed by atoms with Gasteiger partial charge in [-0.1, -0.05) is 18.2 Å². The maximum Gasteiger partial charge on any atom is 0.222 e. The SMILES string of the molecule is NC(=O)CC([O])n1cnc2cnc3ccccc3c21. The van der Waals surface area contributed by atoms with Crippen LogP contribution in [0.3, 0.4) is 0 Å². The third-order valence-electron chi connectivity index (χ3n) is 2.99. The molecule has 0 aliphatic rings. The molecule has 0 bridgehead atoms. The minimum Gasteiger partial charge on any atom is -0.370 e. The largest absolute Gasteiger partial charge is 0.370 e. The van der Waals surface area contributed by atoms with Gasteiger partial charge in [0.15, 0.2) is 6.23 Å². The number of carbonyl (C=O) groups is 1. The number of primary amides is 1. The van der Waals surface area contributed by atoms with E-state index in [9.17, 15) is 9.90 Å². The van der Waals surface area contributed by atoms with Gasteiger partial charge in [-0.25, -0.2) is 10.1 Å². The Balaban J connectivity index is 2.25. The van der Waals surface area contributed by atoms with Crippen molar-refractivity contribution in [3.63, 3.8) is 0 Å². The van der Waals surface area contributed by atoms with Crippen LogP contribution in [0.25, 0.3) is 21.9 Å². The quantitative estimate of drug-likeness (QED) is 0.766. The van der Waals surface area contributed by atoms with Crippen molar-refractivity contribution in [1.29, 1.82) is 0 Å². The molecule has 2 N–H and O–H groups in total. The van der Waals surface area contributed by atoms with Crippen LogP contribution < -0.4 is 5.73 Å². The molecule has 3 rings (SSSR count). The maximum absolute atomic E-state index is 12.1. The maximum atomic E-state index is 12.1. The molecule has 3 aromatic rings. The first kappa shape index (κ1) is 11.6. The summed E-state index contributed by atoms with van der Waals surface area (Å²) in [5.74, 6) is -0.625. The van der Waals surface area contributed by atoms with Gasteiger partial charge in [0.25, 0.3) is 0 Å². The molecule has 6 heteroatoms. The van der Waals surface area contributed by atoms with Gasteiger partial charge in [0.2, 0.25) is 5.91 Å². The van der Waals surface area contributed by atoms with Gasteiger partial charge < -0.3 is 5.73 Å². The number of carbonyl (C=O) groups excluding carboxylic acids is 1. The van der Waals surface area contributed by atoms with E-state index in [1.807, 2.05) is 24.3 Å². The Bertz CT molecular complexity index is 766. The van der Waals surface area contributed by atoms with Gasteiger partial charge in [0.1, 0.15) is 5.52 Å². The van der Waals surface area contributed by atoms with Crippen LogP contribution in [0, 0.1) is 0 Å². The third kappa shape index (κ3) is 1.92.